The Morgan fingerprint density at radius 1 is 1.32 bits per heavy atom. The number of nitrogens with zero attached hydrogens (tertiary/aromatic N) is 2. The number of hydrogen-bond acceptors (Lipinski definition) is 4. The molecule has 0 radical (unpaired) electrons. The fourth-order valence-corrected chi connectivity index (χ4v) is 3.55. The van der Waals surface area contributed by atoms with Crippen LogP contribution in [0.5, 0.6) is 0 Å². The maximum absolute atomic E-state index is 10.3. The number of nitrogens with one attached hydrogen (secondary N) is 2. The van der Waals surface area contributed by atoms with Crippen LogP contribution in [0.4, 0.5) is 0 Å². The van der Waals surface area contributed by atoms with Gasteiger partial charge in [-0.3, -0.25) is 4.99 Å². The summed E-state index contributed by atoms with van der Waals surface area (Å²) in [7, 11) is 1.76. The minimum absolute atomic E-state index is 0. The lowest BCUT2D eigenvalue weighted by Crippen LogP contribution is -2.46. The molecule has 1 saturated carbocycles. The number of aliphatic imine (C=N–C) groups is 1. The fourth-order valence-electron chi connectivity index (χ4n) is 2.61. The molecule has 0 unspecified atom stereocenters. The van der Waals surface area contributed by atoms with E-state index in [2.05, 4.69) is 27.5 Å². The van der Waals surface area contributed by atoms with Gasteiger partial charge in [-0.15, -0.1) is 35.3 Å². The Balaban J connectivity index is 0.00000242. The van der Waals surface area contributed by atoms with Crippen LogP contribution >= 0.6 is 35.3 Å². The Hall–Kier alpha value is -0.410. The lowest BCUT2D eigenvalue weighted by molar-refractivity contribution is 0.0522. The first-order chi connectivity index (χ1) is 10.0. The average molecular weight is 438 g/mol. The summed E-state index contributed by atoms with van der Waals surface area (Å²) in [5.41, 5.74) is 0.571. The third-order valence-corrected chi connectivity index (χ3v) is 5.18. The highest BCUT2D eigenvalue weighted by Crippen LogP contribution is 2.28. The monoisotopic (exact) mass is 438 g/mol. The SMILES string of the molecule is CN=C(NCCc1nc(C)c(C)s1)NCC1(O)CCCC1.I. The third kappa shape index (κ3) is 5.66. The highest BCUT2D eigenvalue weighted by Gasteiger charge is 2.30. The van der Waals surface area contributed by atoms with Gasteiger partial charge in [-0.25, -0.2) is 4.98 Å². The highest BCUT2D eigenvalue weighted by molar-refractivity contribution is 14.0. The second kappa shape index (κ2) is 9.02. The number of thiazole rings is 1. The molecule has 1 fully saturated rings. The first-order valence-electron chi connectivity index (χ1n) is 7.62. The first kappa shape index (κ1) is 19.6. The largest absolute Gasteiger partial charge is 0.388 e. The second-order valence-electron chi connectivity index (χ2n) is 5.78. The number of aryl methyl sites for hydroxylation is 2. The molecule has 3 N–H and O–H groups in total. The maximum atomic E-state index is 10.3. The lowest BCUT2D eigenvalue weighted by atomic mass is 10.0. The van der Waals surface area contributed by atoms with Gasteiger partial charge < -0.3 is 15.7 Å². The molecule has 1 aromatic rings. The van der Waals surface area contributed by atoms with Crippen molar-refractivity contribution in [3.05, 3.63) is 15.6 Å². The van der Waals surface area contributed by atoms with Gasteiger partial charge in [0.05, 0.1) is 16.3 Å². The summed E-state index contributed by atoms with van der Waals surface area (Å²) in [5.74, 6) is 0.750. The van der Waals surface area contributed by atoms with Crippen molar-refractivity contribution in [3.8, 4) is 0 Å². The van der Waals surface area contributed by atoms with E-state index in [1.165, 1.54) is 4.88 Å². The third-order valence-electron chi connectivity index (χ3n) is 4.05. The van der Waals surface area contributed by atoms with Crippen LogP contribution in [0, 0.1) is 13.8 Å². The van der Waals surface area contributed by atoms with Crippen LogP contribution in [0.25, 0.3) is 0 Å². The molecule has 1 aliphatic rings. The molecular weight excluding hydrogens is 411 g/mol. The molecule has 0 aliphatic heterocycles. The Bertz CT molecular complexity index is 478. The summed E-state index contributed by atoms with van der Waals surface area (Å²) in [4.78, 5) is 10.0. The molecule has 1 aliphatic carbocycles. The molecule has 0 aromatic carbocycles. The normalized spacial score (nSPS) is 17.2. The molecule has 0 bridgehead atoms. The van der Waals surface area contributed by atoms with Crippen molar-refractivity contribution >= 4 is 41.3 Å². The molecule has 1 heterocycles. The molecule has 2 rings (SSSR count). The van der Waals surface area contributed by atoms with E-state index in [1.54, 1.807) is 18.4 Å². The molecule has 22 heavy (non-hydrogen) atoms. The van der Waals surface area contributed by atoms with Crippen LogP contribution in [-0.4, -0.2) is 41.8 Å². The number of rotatable bonds is 5. The topological polar surface area (TPSA) is 69.5 Å². The summed E-state index contributed by atoms with van der Waals surface area (Å²) in [6.07, 6.45) is 4.90. The Morgan fingerprint density at radius 2 is 2.00 bits per heavy atom. The van der Waals surface area contributed by atoms with Gasteiger partial charge in [-0.2, -0.15) is 0 Å². The van der Waals surface area contributed by atoms with Gasteiger partial charge in [0.25, 0.3) is 0 Å². The van der Waals surface area contributed by atoms with Crippen LogP contribution < -0.4 is 10.6 Å². The predicted molar refractivity (Wildman–Crippen MR) is 103 cm³/mol. The molecular formula is C15H27IN4OS. The summed E-state index contributed by atoms with van der Waals surface area (Å²) in [5, 5.41) is 18.0. The average Bonchev–Trinajstić information content (AvgIpc) is 3.01. The molecule has 0 saturated heterocycles. The number of aliphatic hydroxyl groups is 1. The van der Waals surface area contributed by atoms with Crippen LogP contribution in [-0.2, 0) is 6.42 Å². The van der Waals surface area contributed by atoms with E-state index in [9.17, 15) is 5.11 Å². The van der Waals surface area contributed by atoms with E-state index < -0.39 is 5.60 Å². The van der Waals surface area contributed by atoms with Crippen LogP contribution in [0.15, 0.2) is 4.99 Å². The highest BCUT2D eigenvalue weighted by atomic mass is 127. The minimum atomic E-state index is -0.554. The van der Waals surface area contributed by atoms with Gasteiger partial charge in [0, 0.05) is 31.4 Å². The van der Waals surface area contributed by atoms with E-state index in [4.69, 9.17) is 0 Å². The maximum Gasteiger partial charge on any atom is 0.191 e. The van der Waals surface area contributed by atoms with Crippen LogP contribution in [0.3, 0.4) is 0 Å². The molecule has 7 heteroatoms. The van der Waals surface area contributed by atoms with Gasteiger partial charge in [-0.1, -0.05) is 12.8 Å². The molecule has 0 amide bonds. The second-order valence-corrected chi connectivity index (χ2v) is 7.07. The van der Waals surface area contributed by atoms with Crippen molar-refractivity contribution in [1.82, 2.24) is 15.6 Å². The van der Waals surface area contributed by atoms with E-state index in [1.807, 2.05) is 6.92 Å². The summed E-state index contributed by atoms with van der Waals surface area (Å²) < 4.78 is 0. The van der Waals surface area contributed by atoms with Gasteiger partial charge in [0.1, 0.15) is 0 Å². The van der Waals surface area contributed by atoms with Crippen molar-refractivity contribution in [3.63, 3.8) is 0 Å². The van der Waals surface area contributed by atoms with Crippen LogP contribution in [0.1, 0.15) is 41.3 Å². The minimum Gasteiger partial charge on any atom is -0.388 e. The zero-order valence-electron chi connectivity index (χ0n) is 13.6. The lowest BCUT2D eigenvalue weighted by Gasteiger charge is -2.23. The first-order valence-corrected chi connectivity index (χ1v) is 8.44. The van der Waals surface area contributed by atoms with E-state index >= 15 is 0 Å². The van der Waals surface area contributed by atoms with Crippen molar-refractivity contribution < 1.29 is 5.11 Å². The number of halogens is 1. The Kier molecular flexibility index (Phi) is 8.06. The summed E-state index contributed by atoms with van der Waals surface area (Å²) >= 11 is 1.76. The van der Waals surface area contributed by atoms with Gasteiger partial charge in [-0.05, 0) is 26.7 Å². The molecule has 126 valence electrons. The van der Waals surface area contributed by atoms with Gasteiger partial charge in [0.2, 0.25) is 0 Å². The molecule has 0 atom stereocenters. The van der Waals surface area contributed by atoms with Crippen molar-refractivity contribution in [1.29, 1.82) is 0 Å². The van der Waals surface area contributed by atoms with E-state index in [-0.39, 0.29) is 24.0 Å². The smallest absolute Gasteiger partial charge is 0.191 e. The molecule has 5 nitrogen and oxygen atoms in total. The zero-order chi connectivity index (χ0) is 15.3. The Morgan fingerprint density at radius 3 is 2.55 bits per heavy atom. The number of guanidine groups is 1. The summed E-state index contributed by atoms with van der Waals surface area (Å²) in [6.45, 7) is 5.52. The van der Waals surface area contributed by atoms with Crippen molar-refractivity contribution in [2.75, 3.05) is 20.1 Å². The fraction of sp³-hybridized carbons (Fsp3) is 0.733. The van der Waals surface area contributed by atoms with Crippen molar-refractivity contribution in [2.45, 2.75) is 51.6 Å². The zero-order valence-corrected chi connectivity index (χ0v) is 16.8. The van der Waals surface area contributed by atoms with E-state index in [0.29, 0.717) is 6.54 Å². The van der Waals surface area contributed by atoms with Gasteiger partial charge >= 0.3 is 0 Å². The number of hydrogen-bond donors (Lipinski definition) is 3. The molecule has 1 aromatic heterocycles. The quantitative estimate of drug-likeness (QED) is 0.375. The summed E-state index contributed by atoms with van der Waals surface area (Å²) in [6, 6.07) is 0. The predicted octanol–water partition coefficient (Wildman–Crippen LogP) is 2.39. The number of aromatic nitrogens is 1. The van der Waals surface area contributed by atoms with Crippen molar-refractivity contribution in [2.24, 2.45) is 4.99 Å². The van der Waals surface area contributed by atoms with Crippen LogP contribution in [0.2, 0.25) is 0 Å². The standard InChI is InChI=1S/C15H26N4OS.HI/c1-11-12(2)21-13(19-11)6-9-17-14(16-3)18-10-15(20)7-4-5-8-15;/h20H,4-10H2,1-3H3,(H2,16,17,18);1H. The van der Waals surface area contributed by atoms with Gasteiger partial charge in [0.15, 0.2) is 5.96 Å². The Labute approximate surface area is 154 Å². The van der Waals surface area contributed by atoms with E-state index in [0.717, 1.165) is 55.3 Å². The molecule has 0 spiro atoms.